The molecule has 0 bridgehead atoms. The van der Waals surface area contributed by atoms with Crippen molar-refractivity contribution in [1.82, 2.24) is 5.01 Å². The third-order valence-corrected chi connectivity index (χ3v) is 4.60. The van der Waals surface area contributed by atoms with Gasteiger partial charge in [0, 0.05) is 6.42 Å². The van der Waals surface area contributed by atoms with E-state index in [0.717, 1.165) is 16.2 Å². The molecule has 4 nitrogen and oxygen atoms in total. The fourth-order valence-electron chi connectivity index (χ4n) is 2.42. The molecule has 1 aromatic heterocycles. The number of thiophene rings is 1. The van der Waals surface area contributed by atoms with Gasteiger partial charge in [0.15, 0.2) is 0 Å². The zero-order valence-corrected chi connectivity index (χ0v) is 15.3. The van der Waals surface area contributed by atoms with Crippen molar-refractivity contribution in [1.29, 1.82) is 0 Å². The molecular weight excluding hydrogens is 335 g/mol. The molecule has 2 heterocycles. The number of halogens is 1. The standard InChI is InChI=1S/C19H23FN4S/c1-4-16(20)11-10-14(2)13-15(3)24-19(22-21)9-5-7-17(23-24)18-8-6-12-25-18/h4-8,10-12,15H,2,9,13,21H2,1,3H3/b11-10-,16-4+,22-19-. The van der Waals surface area contributed by atoms with Crippen LogP contribution in [0.2, 0.25) is 0 Å². The molecule has 6 heteroatoms. The molecule has 1 aromatic rings. The van der Waals surface area contributed by atoms with Gasteiger partial charge < -0.3 is 5.84 Å². The van der Waals surface area contributed by atoms with E-state index in [-0.39, 0.29) is 11.9 Å². The minimum absolute atomic E-state index is 0.0111. The van der Waals surface area contributed by atoms with Gasteiger partial charge in [-0.25, -0.2) is 9.40 Å². The van der Waals surface area contributed by atoms with Crippen molar-refractivity contribution in [3.8, 4) is 0 Å². The predicted molar refractivity (Wildman–Crippen MR) is 105 cm³/mol. The highest BCUT2D eigenvalue weighted by Crippen LogP contribution is 2.20. The third kappa shape index (κ3) is 5.26. The second-order valence-electron chi connectivity index (χ2n) is 5.68. The highest BCUT2D eigenvalue weighted by Gasteiger charge is 2.21. The largest absolute Gasteiger partial charge is 0.322 e. The summed E-state index contributed by atoms with van der Waals surface area (Å²) in [5.41, 5.74) is 1.69. The summed E-state index contributed by atoms with van der Waals surface area (Å²) in [6.07, 6.45) is 9.72. The van der Waals surface area contributed by atoms with Gasteiger partial charge in [0.05, 0.1) is 10.9 Å². The number of allylic oxidation sites excluding steroid dienone is 5. The van der Waals surface area contributed by atoms with Crippen molar-refractivity contribution in [3.63, 3.8) is 0 Å². The van der Waals surface area contributed by atoms with Crippen molar-refractivity contribution < 1.29 is 4.39 Å². The van der Waals surface area contributed by atoms with Crippen LogP contribution in [0.25, 0.3) is 0 Å². The topological polar surface area (TPSA) is 54.0 Å². The Balaban J connectivity index is 2.19. The van der Waals surface area contributed by atoms with Crippen molar-refractivity contribution in [2.75, 3.05) is 0 Å². The first-order chi connectivity index (χ1) is 12.0. The van der Waals surface area contributed by atoms with E-state index in [1.165, 1.54) is 12.2 Å². The van der Waals surface area contributed by atoms with Gasteiger partial charge in [0.1, 0.15) is 17.4 Å². The van der Waals surface area contributed by atoms with Crippen LogP contribution in [0.5, 0.6) is 0 Å². The number of hydrogen-bond donors (Lipinski definition) is 1. The number of rotatable bonds is 6. The lowest BCUT2D eigenvalue weighted by molar-refractivity contribution is 0.340. The first kappa shape index (κ1) is 18.9. The lowest BCUT2D eigenvalue weighted by Crippen LogP contribution is -2.35. The molecule has 1 atom stereocenters. The maximum Gasteiger partial charge on any atom is 0.148 e. The Morgan fingerprint density at radius 1 is 1.56 bits per heavy atom. The second-order valence-corrected chi connectivity index (χ2v) is 6.62. The average Bonchev–Trinajstić information content (AvgIpc) is 3.05. The molecule has 1 aliphatic rings. The van der Waals surface area contributed by atoms with Crippen LogP contribution in [0.15, 0.2) is 76.1 Å². The zero-order chi connectivity index (χ0) is 18.2. The Bertz CT molecular complexity index is 741. The van der Waals surface area contributed by atoms with Crippen LogP contribution < -0.4 is 5.84 Å². The molecule has 0 saturated carbocycles. The molecule has 0 radical (unpaired) electrons. The third-order valence-electron chi connectivity index (χ3n) is 3.71. The Morgan fingerprint density at radius 3 is 3.00 bits per heavy atom. The van der Waals surface area contributed by atoms with E-state index >= 15 is 0 Å². The Labute approximate surface area is 152 Å². The van der Waals surface area contributed by atoms with Gasteiger partial charge in [-0.3, -0.25) is 0 Å². The highest BCUT2D eigenvalue weighted by atomic mass is 32.1. The summed E-state index contributed by atoms with van der Waals surface area (Å²) in [5, 5.41) is 12.5. The van der Waals surface area contributed by atoms with Gasteiger partial charge in [0.25, 0.3) is 0 Å². The van der Waals surface area contributed by atoms with E-state index < -0.39 is 0 Å². The van der Waals surface area contributed by atoms with Crippen molar-refractivity contribution in [2.24, 2.45) is 16.0 Å². The van der Waals surface area contributed by atoms with Gasteiger partial charge in [0.2, 0.25) is 0 Å². The van der Waals surface area contributed by atoms with Crippen LogP contribution in [0.3, 0.4) is 0 Å². The normalized spacial score (nSPS) is 18.5. The van der Waals surface area contributed by atoms with Crippen molar-refractivity contribution in [3.05, 3.63) is 70.7 Å². The smallest absolute Gasteiger partial charge is 0.148 e. The Kier molecular flexibility index (Phi) is 6.89. The maximum atomic E-state index is 13.2. The molecule has 0 aliphatic carbocycles. The van der Waals surface area contributed by atoms with Crippen molar-refractivity contribution in [2.45, 2.75) is 32.7 Å². The first-order valence-corrected chi connectivity index (χ1v) is 8.95. The van der Waals surface area contributed by atoms with Gasteiger partial charge >= 0.3 is 0 Å². The highest BCUT2D eigenvalue weighted by molar-refractivity contribution is 7.12. The molecule has 0 fully saturated rings. The summed E-state index contributed by atoms with van der Waals surface area (Å²) in [7, 11) is 0. The Morgan fingerprint density at radius 2 is 2.36 bits per heavy atom. The van der Waals surface area contributed by atoms with Gasteiger partial charge in [-0.15, -0.1) is 11.3 Å². The van der Waals surface area contributed by atoms with E-state index in [0.29, 0.717) is 18.7 Å². The minimum Gasteiger partial charge on any atom is -0.322 e. The van der Waals surface area contributed by atoms with E-state index in [4.69, 9.17) is 10.9 Å². The quantitative estimate of drug-likeness (QED) is 0.453. The van der Waals surface area contributed by atoms with Crippen LogP contribution in [0.1, 0.15) is 31.6 Å². The zero-order valence-electron chi connectivity index (χ0n) is 14.5. The van der Waals surface area contributed by atoms with E-state index in [2.05, 4.69) is 11.7 Å². The molecule has 1 unspecified atom stereocenters. The number of hydrogen-bond acceptors (Lipinski definition) is 4. The second kappa shape index (κ2) is 9.13. The summed E-state index contributed by atoms with van der Waals surface area (Å²) in [5.74, 6) is 5.97. The molecule has 0 amide bonds. The lowest BCUT2D eigenvalue weighted by atomic mass is 10.1. The van der Waals surface area contributed by atoms with E-state index in [9.17, 15) is 4.39 Å². The van der Waals surface area contributed by atoms with Crippen molar-refractivity contribution >= 4 is 22.9 Å². The molecule has 2 N–H and O–H groups in total. The Hall–Kier alpha value is -2.47. The number of amidine groups is 1. The summed E-state index contributed by atoms with van der Waals surface area (Å²) in [6.45, 7) is 7.68. The molecule has 1 aliphatic heterocycles. The summed E-state index contributed by atoms with van der Waals surface area (Å²) < 4.78 is 13.2. The number of nitrogens with two attached hydrogens (primary N) is 1. The van der Waals surface area contributed by atoms with Crippen LogP contribution in [-0.4, -0.2) is 22.6 Å². The number of hydrazone groups is 2. The SMILES string of the molecule is C=C(/C=C\C(F)=C/C)CC(C)N1N=C(c2cccs2)C=CC/C1=N/N. The fourth-order valence-corrected chi connectivity index (χ4v) is 3.12. The monoisotopic (exact) mass is 358 g/mol. The van der Waals surface area contributed by atoms with Gasteiger partial charge in [-0.1, -0.05) is 36.4 Å². The number of nitrogens with zero attached hydrogens (tertiary/aromatic N) is 3. The molecule has 25 heavy (non-hydrogen) atoms. The molecule has 132 valence electrons. The fraction of sp³-hybridized carbons (Fsp3) is 0.263. The summed E-state index contributed by atoms with van der Waals surface area (Å²) in [4.78, 5) is 1.08. The molecule has 0 spiro atoms. The van der Waals surface area contributed by atoms with Crippen LogP contribution >= 0.6 is 11.3 Å². The molecule has 0 aromatic carbocycles. The summed E-state index contributed by atoms with van der Waals surface area (Å²) >= 11 is 1.63. The molecule has 0 saturated heterocycles. The molecular formula is C19H23FN4S. The lowest BCUT2D eigenvalue weighted by Gasteiger charge is -2.26. The van der Waals surface area contributed by atoms with Crippen LogP contribution in [-0.2, 0) is 0 Å². The predicted octanol–water partition coefficient (Wildman–Crippen LogP) is 4.75. The molecule has 2 rings (SSSR count). The first-order valence-electron chi connectivity index (χ1n) is 8.07. The minimum atomic E-state index is -0.282. The average molecular weight is 358 g/mol. The van der Waals surface area contributed by atoms with E-state index in [1.807, 2.05) is 41.6 Å². The maximum absolute atomic E-state index is 13.2. The van der Waals surface area contributed by atoms with Crippen LogP contribution in [0.4, 0.5) is 4.39 Å². The van der Waals surface area contributed by atoms with Crippen LogP contribution in [0, 0.1) is 0 Å². The van der Waals surface area contributed by atoms with E-state index in [1.54, 1.807) is 24.3 Å². The van der Waals surface area contributed by atoms with Gasteiger partial charge in [-0.05, 0) is 43.9 Å². The van der Waals surface area contributed by atoms with Gasteiger partial charge in [-0.2, -0.15) is 10.2 Å². The summed E-state index contributed by atoms with van der Waals surface area (Å²) in [6, 6.07) is 4.01.